The number of carbonyl (C=O) groups excluding carboxylic acids is 2. The number of hydrogen-bond donors (Lipinski definition) is 1. The molecule has 2 rings (SSSR count). The fraction of sp³-hybridized carbons (Fsp3) is 0.222. The van der Waals surface area contributed by atoms with E-state index in [2.05, 4.69) is 5.32 Å². The summed E-state index contributed by atoms with van der Waals surface area (Å²) in [6.45, 7) is 1.96. The summed E-state index contributed by atoms with van der Waals surface area (Å²) in [6.07, 6.45) is 0. The average Bonchev–Trinajstić information content (AvgIpc) is 2.56. The summed E-state index contributed by atoms with van der Waals surface area (Å²) in [7, 11) is 3.17. The second-order valence-electron chi connectivity index (χ2n) is 5.30. The number of likely N-dealkylation sites (N-methyl/N-ethyl adjacent to an activating group) is 1. The van der Waals surface area contributed by atoms with Gasteiger partial charge in [-0.2, -0.15) is 0 Å². The molecule has 120 valence electrons. The van der Waals surface area contributed by atoms with Gasteiger partial charge in [0.15, 0.2) is 0 Å². The van der Waals surface area contributed by atoms with Gasteiger partial charge >= 0.3 is 0 Å². The van der Waals surface area contributed by atoms with Crippen molar-refractivity contribution in [3.63, 3.8) is 0 Å². The van der Waals surface area contributed by atoms with E-state index in [1.165, 1.54) is 4.90 Å². The molecule has 2 aromatic rings. The van der Waals surface area contributed by atoms with Crippen molar-refractivity contribution >= 4 is 17.5 Å². The number of rotatable bonds is 5. The zero-order chi connectivity index (χ0) is 16.8. The van der Waals surface area contributed by atoms with Crippen molar-refractivity contribution < 1.29 is 14.3 Å². The molecule has 0 spiro atoms. The molecule has 0 fully saturated rings. The molecule has 5 heteroatoms. The van der Waals surface area contributed by atoms with E-state index in [0.29, 0.717) is 17.0 Å². The van der Waals surface area contributed by atoms with Crippen LogP contribution in [0.25, 0.3) is 0 Å². The normalized spacial score (nSPS) is 10.0. The number of anilines is 1. The lowest BCUT2D eigenvalue weighted by molar-refractivity contribution is -0.116. The van der Waals surface area contributed by atoms with E-state index in [0.717, 1.165) is 5.56 Å². The molecule has 0 aromatic heterocycles. The molecule has 0 radical (unpaired) electrons. The largest absolute Gasteiger partial charge is 0.497 e. The Balaban J connectivity index is 1.94. The Labute approximate surface area is 135 Å². The monoisotopic (exact) mass is 312 g/mol. The number of aryl methyl sites for hydroxylation is 1. The van der Waals surface area contributed by atoms with Crippen LogP contribution in [0.1, 0.15) is 15.9 Å². The Bertz CT molecular complexity index is 678. The first-order chi connectivity index (χ1) is 11.0. The maximum atomic E-state index is 12.3. The molecular formula is C18H20N2O3. The molecular weight excluding hydrogens is 292 g/mol. The highest BCUT2D eigenvalue weighted by Gasteiger charge is 2.15. The first-order valence-electron chi connectivity index (χ1n) is 7.25. The van der Waals surface area contributed by atoms with Gasteiger partial charge in [-0.15, -0.1) is 0 Å². The van der Waals surface area contributed by atoms with Crippen LogP contribution < -0.4 is 10.1 Å². The quantitative estimate of drug-likeness (QED) is 0.923. The molecule has 0 atom stereocenters. The average molecular weight is 312 g/mol. The van der Waals surface area contributed by atoms with Gasteiger partial charge in [0.05, 0.1) is 13.7 Å². The van der Waals surface area contributed by atoms with E-state index < -0.39 is 0 Å². The number of ether oxygens (including phenoxy) is 1. The Morgan fingerprint density at radius 3 is 2.22 bits per heavy atom. The first-order valence-corrected chi connectivity index (χ1v) is 7.25. The van der Waals surface area contributed by atoms with Crippen LogP contribution in [0, 0.1) is 6.92 Å². The van der Waals surface area contributed by atoms with Crippen molar-refractivity contribution in [1.29, 1.82) is 0 Å². The third-order valence-corrected chi connectivity index (χ3v) is 3.40. The molecule has 5 nitrogen and oxygen atoms in total. The topological polar surface area (TPSA) is 58.6 Å². The zero-order valence-corrected chi connectivity index (χ0v) is 13.5. The van der Waals surface area contributed by atoms with Crippen molar-refractivity contribution in [3.8, 4) is 5.75 Å². The van der Waals surface area contributed by atoms with E-state index in [1.54, 1.807) is 38.4 Å². The van der Waals surface area contributed by atoms with Gasteiger partial charge < -0.3 is 15.0 Å². The third-order valence-electron chi connectivity index (χ3n) is 3.40. The summed E-state index contributed by atoms with van der Waals surface area (Å²) in [5.74, 6) is 0.228. The summed E-state index contributed by atoms with van der Waals surface area (Å²) >= 11 is 0. The van der Waals surface area contributed by atoms with Crippen LogP contribution in [0.15, 0.2) is 48.5 Å². The van der Waals surface area contributed by atoms with Gasteiger partial charge in [-0.05, 0) is 43.3 Å². The maximum absolute atomic E-state index is 12.3. The summed E-state index contributed by atoms with van der Waals surface area (Å²) in [5.41, 5.74) is 2.34. The van der Waals surface area contributed by atoms with Crippen LogP contribution in [0.5, 0.6) is 5.75 Å². The maximum Gasteiger partial charge on any atom is 0.254 e. The SMILES string of the molecule is COc1ccc(C(=O)N(C)CC(=O)Nc2ccc(C)cc2)cc1. The minimum Gasteiger partial charge on any atom is -0.497 e. The van der Waals surface area contributed by atoms with Crippen molar-refractivity contribution in [3.05, 3.63) is 59.7 Å². The number of carbonyl (C=O) groups is 2. The number of nitrogens with one attached hydrogen (secondary N) is 1. The van der Waals surface area contributed by atoms with Crippen molar-refractivity contribution in [2.45, 2.75) is 6.92 Å². The van der Waals surface area contributed by atoms with Gasteiger partial charge in [-0.3, -0.25) is 9.59 Å². The van der Waals surface area contributed by atoms with Crippen LogP contribution in [-0.2, 0) is 4.79 Å². The van der Waals surface area contributed by atoms with E-state index >= 15 is 0 Å². The van der Waals surface area contributed by atoms with Gasteiger partial charge in [0.25, 0.3) is 5.91 Å². The lowest BCUT2D eigenvalue weighted by Gasteiger charge is -2.17. The van der Waals surface area contributed by atoms with Gasteiger partial charge in [0, 0.05) is 18.3 Å². The number of methoxy groups -OCH3 is 1. The van der Waals surface area contributed by atoms with Gasteiger partial charge in [-0.25, -0.2) is 0 Å². The van der Waals surface area contributed by atoms with Crippen molar-refractivity contribution in [2.24, 2.45) is 0 Å². The lowest BCUT2D eigenvalue weighted by atomic mass is 10.2. The Morgan fingerprint density at radius 1 is 1.04 bits per heavy atom. The Hall–Kier alpha value is -2.82. The molecule has 0 unspecified atom stereocenters. The Kier molecular flexibility index (Phi) is 5.36. The third kappa shape index (κ3) is 4.57. The number of hydrogen-bond acceptors (Lipinski definition) is 3. The molecule has 0 heterocycles. The van der Waals surface area contributed by atoms with Crippen molar-refractivity contribution in [1.82, 2.24) is 4.90 Å². The lowest BCUT2D eigenvalue weighted by Crippen LogP contribution is -2.34. The molecule has 1 N–H and O–H groups in total. The highest BCUT2D eigenvalue weighted by Crippen LogP contribution is 2.13. The minimum absolute atomic E-state index is 0.0151. The summed E-state index contributed by atoms with van der Waals surface area (Å²) < 4.78 is 5.06. The molecule has 0 aliphatic carbocycles. The van der Waals surface area contributed by atoms with Crippen LogP contribution in [0.3, 0.4) is 0 Å². The number of nitrogens with zero attached hydrogens (tertiary/aromatic N) is 1. The van der Waals surface area contributed by atoms with Crippen LogP contribution >= 0.6 is 0 Å². The molecule has 0 bridgehead atoms. The standard InChI is InChI=1S/C18H20N2O3/c1-13-4-8-15(9-5-13)19-17(21)12-20(2)18(22)14-6-10-16(23-3)11-7-14/h4-11H,12H2,1-3H3,(H,19,21). The van der Waals surface area contributed by atoms with E-state index in [4.69, 9.17) is 4.74 Å². The molecule has 0 saturated heterocycles. The predicted octanol–water partition coefficient (Wildman–Crippen LogP) is 2.71. The van der Waals surface area contributed by atoms with Crippen LogP contribution in [0.2, 0.25) is 0 Å². The molecule has 0 aliphatic heterocycles. The van der Waals surface area contributed by atoms with Crippen molar-refractivity contribution in [2.75, 3.05) is 26.0 Å². The summed E-state index contributed by atoms with van der Waals surface area (Å²) in [5, 5.41) is 2.77. The van der Waals surface area contributed by atoms with Crippen LogP contribution in [-0.4, -0.2) is 37.4 Å². The number of benzene rings is 2. The second kappa shape index (κ2) is 7.45. The number of amides is 2. The van der Waals surface area contributed by atoms with Crippen LogP contribution in [0.4, 0.5) is 5.69 Å². The summed E-state index contributed by atoms with van der Waals surface area (Å²) in [6, 6.07) is 14.3. The highest BCUT2D eigenvalue weighted by atomic mass is 16.5. The smallest absolute Gasteiger partial charge is 0.254 e. The fourth-order valence-corrected chi connectivity index (χ4v) is 2.08. The Morgan fingerprint density at radius 2 is 1.65 bits per heavy atom. The van der Waals surface area contributed by atoms with E-state index in [-0.39, 0.29) is 18.4 Å². The fourth-order valence-electron chi connectivity index (χ4n) is 2.08. The minimum atomic E-state index is -0.238. The predicted molar refractivity (Wildman–Crippen MR) is 89.8 cm³/mol. The molecule has 2 amide bonds. The second-order valence-corrected chi connectivity index (χ2v) is 5.30. The highest BCUT2D eigenvalue weighted by molar-refractivity contribution is 5.99. The first kappa shape index (κ1) is 16.5. The molecule has 23 heavy (non-hydrogen) atoms. The molecule has 0 aliphatic rings. The zero-order valence-electron chi connectivity index (χ0n) is 13.5. The van der Waals surface area contributed by atoms with E-state index in [1.807, 2.05) is 31.2 Å². The van der Waals surface area contributed by atoms with E-state index in [9.17, 15) is 9.59 Å². The summed E-state index contributed by atoms with van der Waals surface area (Å²) in [4.78, 5) is 25.7. The van der Waals surface area contributed by atoms with Gasteiger partial charge in [-0.1, -0.05) is 17.7 Å². The molecule has 2 aromatic carbocycles. The van der Waals surface area contributed by atoms with Gasteiger partial charge in [0.1, 0.15) is 5.75 Å². The van der Waals surface area contributed by atoms with Gasteiger partial charge in [0.2, 0.25) is 5.91 Å². The molecule has 0 saturated carbocycles.